The van der Waals surface area contributed by atoms with Crippen LogP contribution in [-0.2, 0) is 0 Å². The van der Waals surface area contributed by atoms with Crippen molar-refractivity contribution >= 4 is 33.3 Å². The average Bonchev–Trinajstić information content (AvgIpc) is 2.79. The highest BCUT2D eigenvalue weighted by Crippen LogP contribution is 2.35. The normalized spacial score (nSPS) is 11.2. The van der Waals surface area contributed by atoms with Crippen molar-refractivity contribution in [1.29, 1.82) is 0 Å². The highest BCUT2D eigenvalue weighted by atomic mass is 35.5. The molecule has 31 heavy (non-hydrogen) atoms. The number of ether oxygens (including phenoxy) is 1. The van der Waals surface area contributed by atoms with Crippen molar-refractivity contribution in [3.8, 4) is 22.6 Å². The molecule has 0 aliphatic rings. The number of H-pyrrole nitrogens is 1. The topological polar surface area (TPSA) is 77.0 Å². The van der Waals surface area contributed by atoms with Gasteiger partial charge in [0.2, 0.25) is 0 Å². The van der Waals surface area contributed by atoms with Crippen LogP contribution in [-0.4, -0.2) is 21.6 Å². The number of hydrogen-bond donors (Lipinski definition) is 1. The summed E-state index contributed by atoms with van der Waals surface area (Å²) in [5, 5.41) is 2.45. The molecule has 0 bridgehead atoms. The maximum atomic E-state index is 13.3. The molecule has 2 aromatic heterocycles. The number of aromatic nitrogens is 3. The number of aromatic amines is 1. The molecule has 0 aliphatic heterocycles. The van der Waals surface area contributed by atoms with Crippen LogP contribution in [0.2, 0.25) is 5.02 Å². The van der Waals surface area contributed by atoms with E-state index in [-0.39, 0.29) is 0 Å². The smallest absolute Gasteiger partial charge is 0.333 e. The fraction of sp³-hybridized carbons (Fsp3) is 0.0417. The SMILES string of the molecule is COc1cccc(-c2ccc3c(=O)n(-c4cncc5ccccc45)c(=O)[nH]c3c2)c1Cl. The van der Waals surface area contributed by atoms with Crippen LogP contribution >= 0.6 is 11.6 Å². The lowest BCUT2D eigenvalue weighted by molar-refractivity contribution is 0.415. The number of rotatable bonds is 3. The molecule has 2 heterocycles. The Morgan fingerprint density at radius 2 is 1.81 bits per heavy atom. The van der Waals surface area contributed by atoms with Gasteiger partial charge in [0.1, 0.15) is 5.75 Å². The predicted octanol–water partition coefficient (Wildman–Crippen LogP) is 4.56. The zero-order valence-corrected chi connectivity index (χ0v) is 17.2. The van der Waals surface area contributed by atoms with E-state index in [1.165, 1.54) is 6.20 Å². The van der Waals surface area contributed by atoms with E-state index in [1.54, 1.807) is 37.6 Å². The molecule has 0 amide bonds. The zero-order chi connectivity index (χ0) is 21.5. The minimum absolute atomic E-state index is 0.385. The molecule has 0 fully saturated rings. The Morgan fingerprint density at radius 3 is 2.65 bits per heavy atom. The number of nitrogens with zero attached hydrogens (tertiary/aromatic N) is 2. The lowest BCUT2D eigenvalue weighted by Crippen LogP contribution is -2.33. The third kappa shape index (κ3) is 3.08. The summed E-state index contributed by atoms with van der Waals surface area (Å²) in [5.74, 6) is 0.548. The van der Waals surface area contributed by atoms with Gasteiger partial charge in [0.25, 0.3) is 5.56 Å². The van der Waals surface area contributed by atoms with Gasteiger partial charge >= 0.3 is 5.69 Å². The monoisotopic (exact) mass is 429 g/mol. The van der Waals surface area contributed by atoms with Gasteiger partial charge in [-0.25, -0.2) is 9.36 Å². The molecule has 152 valence electrons. The van der Waals surface area contributed by atoms with E-state index < -0.39 is 11.2 Å². The van der Waals surface area contributed by atoms with Gasteiger partial charge in [-0.3, -0.25) is 9.78 Å². The van der Waals surface area contributed by atoms with Crippen LogP contribution < -0.4 is 16.0 Å². The van der Waals surface area contributed by atoms with Crippen molar-refractivity contribution in [3.05, 3.63) is 98.9 Å². The molecule has 0 saturated heterocycles. The summed E-state index contributed by atoms with van der Waals surface area (Å²) >= 11 is 6.45. The number of fused-ring (bicyclic) bond motifs is 2. The van der Waals surface area contributed by atoms with E-state index in [0.717, 1.165) is 26.5 Å². The van der Waals surface area contributed by atoms with Crippen LogP contribution in [0, 0.1) is 0 Å². The van der Waals surface area contributed by atoms with Crippen molar-refractivity contribution in [1.82, 2.24) is 14.5 Å². The Kier molecular flexibility index (Phi) is 4.56. The maximum Gasteiger partial charge on any atom is 0.333 e. The Bertz CT molecular complexity index is 1580. The third-order valence-corrected chi connectivity index (χ3v) is 5.67. The molecule has 0 radical (unpaired) electrons. The van der Waals surface area contributed by atoms with Gasteiger partial charge < -0.3 is 9.72 Å². The summed E-state index contributed by atoms with van der Waals surface area (Å²) in [7, 11) is 1.55. The number of pyridine rings is 1. The Morgan fingerprint density at radius 1 is 0.968 bits per heavy atom. The highest BCUT2D eigenvalue weighted by Gasteiger charge is 2.14. The molecule has 5 aromatic rings. The van der Waals surface area contributed by atoms with Crippen LogP contribution in [0.15, 0.2) is 82.6 Å². The molecular formula is C24H16ClN3O3. The summed E-state index contributed by atoms with van der Waals surface area (Å²) in [6.45, 7) is 0. The molecule has 0 saturated carbocycles. The Balaban J connectivity index is 1.74. The fourth-order valence-corrected chi connectivity index (χ4v) is 4.09. The molecule has 0 spiro atoms. The number of halogens is 1. The van der Waals surface area contributed by atoms with Crippen LogP contribution in [0.1, 0.15) is 0 Å². The first-order valence-corrected chi connectivity index (χ1v) is 9.91. The fourth-order valence-electron chi connectivity index (χ4n) is 3.77. The van der Waals surface area contributed by atoms with Gasteiger partial charge in [-0.05, 0) is 23.8 Å². The van der Waals surface area contributed by atoms with Crippen molar-refractivity contribution in [2.75, 3.05) is 7.11 Å². The maximum absolute atomic E-state index is 13.3. The van der Waals surface area contributed by atoms with E-state index in [9.17, 15) is 9.59 Å². The first kappa shape index (κ1) is 19.1. The summed E-state index contributed by atoms with van der Waals surface area (Å²) < 4.78 is 6.40. The van der Waals surface area contributed by atoms with E-state index >= 15 is 0 Å². The quantitative estimate of drug-likeness (QED) is 0.456. The lowest BCUT2D eigenvalue weighted by Gasteiger charge is -2.11. The summed E-state index contributed by atoms with van der Waals surface area (Å²) in [6, 6.07) is 18.2. The Labute approximate surface area is 181 Å². The summed E-state index contributed by atoms with van der Waals surface area (Å²) in [6.07, 6.45) is 3.22. The van der Waals surface area contributed by atoms with Crippen LogP contribution in [0.3, 0.4) is 0 Å². The minimum atomic E-state index is -0.537. The molecule has 0 atom stereocenters. The summed E-state index contributed by atoms with van der Waals surface area (Å²) in [4.78, 5) is 33.2. The third-order valence-electron chi connectivity index (χ3n) is 5.28. The van der Waals surface area contributed by atoms with Gasteiger partial charge in [0.15, 0.2) is 0 Å². The average molecular weight is 430 g/mol. The number of nitrogens with one attached hydrogen (secondary N) is 1. The molecule has 3 aromatic carbocycles. The molecule has 7 heteroatoms. The number of benzene rings is 3. The van der Waals surface area contributed by atoms with E-state index in [4.69, 9.17) is 16.3 Å². The second-order valence-electron chi connectivity index (χ2n) is 7.03. The molecule has 0 unspecified atom stereocenters. The standard InChI is InChI=1S/C24H16ClN3O3/c1-31-21-8-4-7-17(22(21)25)14-9-10-18-19(11-14)27-24(30)28(23(18)29)20-13-26-12-15-5-2-3-6-16(15)20/h2-13H,1H3,(H,27,30). The summed E-state index contributed by atoms with van der Waals surface area (Å²) in [5.41, 5.74) is 1.41. The predicted molar refractivity (Wildman–Crippen MR) is 122 cm³/mol. The van der Waals surface area contributed by atoms with Crippen LogP contribution in [0.4, 0.5) is 0 Å². The Hall–Kier alpha value is -3.90. The second kappa shape index (κ2) is 7.41. The van der Waals surface area contributed by atoms with E-state index in [2.05, 4.69) is 9.97 Å². The number of methoxy groups -OCH3 is 1. The highest BCUT2D eigenvalue weighted by molar-refractivity contribution is 6.34. The molecule has 0 aliphatic carbocycles. The van der Waals surface area contributed by atoms with Crippen LogP contribution in [0.25, 0.3) is 38.5 Å². The largest absolute Gasteiger partial charge is 0.495 e. The van der Waals surface area contributed by atoms with E-state index in [1.807, 2.05) is 36.4 Å². The molecular weight excluding hydrogens is 414 g/mol. The minimum Gasteiger partial charge on any atom is -0.495 e. The van der Waals surface area contributed by atoms with Crippen LogP contribution in [0.5, 0.6) is 5.75 Å². The van der Waals surface area contributed by atoms with Gasteiger partial charge in [0, 0.05) is 22.5 Å². The molecule has 6 nitrogen and oxygen atoms in total. The number of hydrogen-bond acceptors (Lipinski definition) is 4. The first-order chi connectivity index (χ1) is 15.1. The van der Waals surface area contributed by atoms with Crippen molar-refractivity contribution in [2.45, 2.75) is 0 Å². The van der Waals surface area contributed by atoms with Gasteiger partial charge in [-0.15, -0.1) is 0 Å². The van der Waals surface area contributed by atoms with E-state index in [0.29, 0.717) is 27.4 Å². The first-order valence-electron chi connectivity index (χ1n) is 9.53. The van der Waals surface area contributed by atoms with Gasteiger partial charge in [-0.2, -0.15) is 0 Å². The van der Waals surface area contributed by atoms with Crippen molar-refractivity contribution in [2.24, 2.45) is 0 Å². The zero-order valence-electron chi connectivity index (χ0n) is 16.4. The van der Waals surface area contributed by atoms with Gasteiger partial charge in [0.05, 0.1) is 34.9 Å². The second-order valence-corrected chi connectivity index (χ2v) is 7.41. The van der Waals surface area contributed by atoms with Crippen molar-refractivity contribution in [3.63, 3.8) is 0 Å². The molecule has 1 N–H and O–H groups in total. The van der Waals surface area contributed by atoms with Gasteiger partial charge in [-0.1, -0.05) is 54.1 Å². The lowest BCUT2D eigenvalue weighted by atomic mass is 10.0. The van der Waals surface area contributed by atoms with Crippen molar-refractivity contribution < 1.29 is 4.74 Å². The molecule has 5 rings (SSSR count).